The van der Waals surface area contributed by atoms with E-state index >= 15 is 0 Å². The molecule has 0 spiro atoms. The maximum Gasteiger partial charge on any atom is 0.227 e. The summed E-state index contributed by atoms with van der Waals surface area (Å²) in [6, 6.07) is 6.60. The van der Waals surface area contributed by atoms with Crippen molar-refractivity contribution in [3.63, 3.8) is 0 Å². The van der Waals surface area contributed by atoms with Crippen molar-refractivity contribution in [3.05, 3.63) is 34.9 Å². The van der Waals surface area contributed by atoms with Crippen LogP contribution in [0.15, 0.2) is 18.2 Å². The summed E-state index contributed by atoms with van der Waals surface area (Å²) in [5.41, 5.74) is 4.10. The Morgan fingerprint density at radius 1 is 1.08 bits per heavy atom. The molecule has 0 N–H and O–H groups in total. The molecular weight excluding hydrogens is 320 g/mol. The van der Waals surface area contributed by atoms with E-state index in [0.29, 0.717) is 0 Å². The number of piperidine rings is 1. The third-order valence-electron chi connectivity index (χ3n) is 6.37. The van der Waals surface area contributed by atoms with Crippen molar-refractivity contribution in [2.45, 2.75) is 57.4 Å². The van der Waals surface area contributed by atoms with E-state index in [1.807, 2.05) is 11.9 Å². The van der Waals surface area contributed by atoms with E-state index in [9.17, 15) is 4.79 Å². The van der Waals surface area contributed by atoms with Gasteiger partial charge in [0.25, 0.3) is 0 Å². The molecule has 138 valence electrons. The standard InChI is InChI=1S/C23H30N2O/c1-24-21(16-20(23(24)26)17-25-14-5-2-6-15-25)13-12-19-10-7-9-18-8-3-4-11-22(18)19/h7,9-10,20-21H,2-6,8,11,14-17H2,1H3. The number of hydrogen-bond donors (Lipinski definition) is 0. The van der Waals surface area contributed by atoms with E-state index in [1.54, 1.807) is 0 Å². The molecule has 0 aromatic heterocycles. The molecule has 0 bridgehead atoms. The van der Waals surface area contributed by atoms with Crippen LogP contribution in [0.1, 0.15) is 55.2 Å². The fourth-order valence-electron chi connectivity index (χ4n) is 4.79. The van der Waals surface area contributed by atoms with Gasteiger partial charge in [-0.15, -0.1) is 0 Å². The average Bonchev–Trinajstić information content (AvgIpc) is 2.95. The smallest absolute Gasteiger partial charge is 0.227 e. The predicted octanol–water partition coefficient (Wildman–Crippen LogP) is 3.25. The molecule has 2 atom stereocenters. The van der Waals surface area contributed by atoms with E-state index in [1.165, 1.54) is 55.2 Å². The Labute approximate surface area is 157 Å². The van der Waals surface area contributed by atoms with Gasteiger partial charge in [-0.3, -0.25) is 4.79 Å². The number of amides is 1. The number of nitrogens with zero attached hydrogens (tertiary/aromatic N) is 2. The second-order valence-corrected chi connectivity index (χ2v) is 8.18. The third kappa shape index (κ3) is 3.67. The zero-order valence-electron chi connectivity index (χ0n) is 16.0. The van der Waals surface area contributed by atoms with Crippen LogP contribution < -0.4 is 0 Å². The number of carbonyl (C=O) groups excluding carboxylic acids is 1. The highest BCUT2D eigenvalue weighted by atomic mass is 16.2. The van der Waals surface area contributed by atoms with Gasteiger partial charge in [0.15, 0.2) is 0 Å². The van der Waals surface area contributed by atoms with Gasteiger partial charge in [0.2, 0.25) is 5.91 Å². The van der Waals surface area contributed by atoms with Gasteiger partial charge in [0, 0.05) is 19.2 Å². The summed E-state index contributed by atoms with van der Waals surface area (Å²) in [5, 5.41) is 0. The largest absolute Gasteiger partial charge is 0.332 e. The zero-order valence-corrected chi connectivity index (χ0v) is 16.0. The number of carbonyl (C=O) groups is 1. The first-order valence-corrected chi connectivity index (χ1v) is 10.3. The van der Waals surface area contributed by atoms with Gasteiger partial charge in [-0.2, -0.15) is 0 Å². The molecular formula is C23H30N2O. The number of hydrogen-bond acceptors (Lipinski definition) is 2. The van der Waals surface area contributed by atoms with Crippen LogP contribution in [-0.4, -0.2) is 48.4 Å². The van der Waals surface area contributed by atoms with Gasteiger partial charge in [-0.05, 0) is 75.2 Å². The highest BCUT2D eigenvalue weighted by molar-refractivity contribution is 5.82. The molecule has 0 saturated carbocycles. The Morgan fingerprint density at radius 2 is 1.88 bits per heavy atom. The molecule has 2 saturated heterocycles. The van der Waals surface area contributed by atoms with Gasteiger partial charge in [-0.1, -0.05) is 30.4 Å². The molecule has 1 aliphatic carbocycles. The summed E-state index contributed by atoms with van der Waals surface area (Å²) in [5.74, 6) is 7.27. The first kappa shape index (κ1) is 17.6. The molecule has 3 heteroatoms. The molecule has 4 rings (SSSR count). The minimum absolute atomic E-state index is 0.0664. The Bertz CT molecular complexity index is 723. The van der Waals surface area contributed by atoms with E-state index < -0.39 is 0 Å². The average molecular weight is 351 g/mol. The number of aryl methyl sites for hydroxylation is 1. The lowest BCUT2D eigenvalue weighted by Crippen LogP contribution is -2.37. The van der Waals surface area contributed by atoms with Crippen LogP contribution in [0.2, 0.25) is 0 Å². The molecule has 2 fully saturated rings. The highest BCUT2D eigenvalue weighted by Crippen LogP contribution is 2.26. The summed E-state index contributed by atoms with van der Waals surface area (Å²) in [4.78, 5) is 17.0. The Balaban J connectivity index is 1.46. The van der Waals surface area contributed by atoms with Crippen molar-refractivity contribution in [1.82, 2.24) is 9.80 Å². The van der Waals surface area contributed by atoms with Gasteiger partial charge >= 0.3 is 0 Å². The van der Waals surface area contributed by atoms with E-state index in [0.717, 1.165) is 32.5 Å². The minimum atomic E-state index is 0.0664. The zero-order chi connectivity index (χ0) is 17.9. The summed E-state index contributed by atoms with van der Waals surface area (Å²) in [7, 11) is 1.93. The van der Waals surface area contributed by atoms with Crippen LogP contribution in [0, 0.1) is 17.8 Å². The van der Waals surface area contributed by atoms with Crippen LogP contribution in [0.3, 0.4) is 0 Å². The molecule has 26 heavy (non-hydrogen) atoms. The second-order valence-electron chi connectivity index (χ2n) is 8.18. The maximum atomic E-state index is 12.7. The number of rotatable bonds is 2. The van der Waals surface area contributed by atoms with Crippen molar-refractivity contribution >= 4 is 5.91 Å². The van der Waals surface area contributed by atoms with Gasteiger partial charge in [-0.25, -0.2) is 0 Å². The van der Waals surface area contributed by atoms with Crippen LogP contribution in [-0.2, 0) is 17.6 Å². The fourth-order valence-corrected chi connectivity index (χ4v) is 4.79. The quantitative estimate of drug-likeness (QED) is 0.765. The fraction of sp³-hybridized carbons (Fsp3) is 0.609. The van der Waals surface area contributed by atoms with Crippen molar-refractivity contribution in [2.24, 2.45) is 5.92 Å². The second kappa shape index (κ2) is 7.84. The van der Waals surface area contributed by atoms with Crippen molar-refractivity contribution in [2.75, 3.05) is 26.7 Å². The van der Waals surface area contributed by atoms with E-state index in [4.69, 9.17) is 0 Å². The molecule has 2 unspecified atom stereocenters. The third-order valence-corrected chi connectivity index (χ3v) is 6.37. The lowest BCUT2D eigenvalue weighted by molar-refractivity contribution is -0.130. The lowest BCUT2D eigenvalue weighted by Gasteiger charge is -2.28. The molecule has 1 aromatic carbocycles. The molecule has 3 nitrogen and oxygen atoms in total. The summed E-state index contributed by atoms with van der Waals surface area (Å²) in [6.45, 7) is 3.22. The molecule has 0 radical (unpaired) electrons. The van der Waals surface area contributed by atoms with Crippen LogP contribution >= 0.6 is 0 Å². The van der Waals surface area contributed by atoms with Crippen LogP contribution in [0.5, 0.6) is 0 Å². The summed E-state index contributed by atoms with van der Waals surface area (Å²) < 4.78 is 0. The molecule has 1 aromatic rings. The normalized spacial score (nSPS) is 26.3. The Kier molecular flexibility index (Phi) is 5.31. The number of likely N-dealkylation sites (tertiary alicyclic amines) is 2. The maximum absolute atomic E-state index is 12.7. The lowest BCUT2D eigenvalue weighted by atomic mass is 9.88. The number of benzene rings is 1. The van der Waals surface area contributed by atoms with Crippen molar-refractivity contribution in [1.29, 1.82) is 0 Å². The number of fused-ring (bicyclic) bond motifs is 1. The molecule has 3 aliphatic rings. The highest BCUT2D eigenvalue weighted by Gasteiger charge is 2.37. The first-order valence-electron chi connectivity index (χ1n) is 10.3. The topological polar surface area (TPSA) is 23.6 Å². The SMILES string of the molecule is CN1C(=O)C(CN2CCCCC2)CC1C#Cc1cccc2c1CCCC2. The first-order chi connectivity index (χ1) is 12.7. The van der Waals surface area contributed by atoms with Gasteiger partial charge < -0.3 is 9.80 Å². The van der Waals surface area contributed by atoms with Gasteiger partial charge in [0.1, 0.15) is 0 Å². The van der Waals surface area contributed by atoms with Gasteiger partial charge in [0.05, 0.1) is 12.0 Å². The van der Waals surface area contributed by atoms with Crippen molar-refractivity contribution in [3.8, 4) is 11.8 Å². The Hall–Kier alpha value is -1.79. The van der Waals surface area contributed by atoms with Crippen molar-refractivity contribution < 1.29 is 4.79 Å². The van der Waals surface area contributed by atoms with Crippen LogP contribution in [0.25, 0.3) is 0 Å². The minimum Gasteiger partial charge on any atom is -0.332 e. The molecule has 2 aliphatic heterocycles. The molecule has 1 amide bonds. The van der Waals surface area contributed by atoms with Crippen LogP contribution in [0.4, 0.5) is 0 Å². The Morgan fingerprint density at radius 3 is 2.73 bits per heavy atom. The monoisotopic (exact) mass is 350 g/mol. The van der Waals surface area contributed by atoms with E-state index in [2.05, 4.69) is 34.9 Å². The van der Waals surface area contributed by atoms with E-state index in [-0.39, 0.29) is 17.9 Å². The molecule has 2 heterocycles. The predicted molar refractivity (Wildman–Crippen MR) is 105 cm³/mol. The summed E-state index contributed by atoms with van der Waals surface area (Å²) >= 11 is 0. The summed E-state index contributed by atoms with van der Waals surface area (Å²) in [6.07, 6.45) is 9.67.